The Morgan fingerprint density at radius 1 is 1.20 bits per heavy atom. The van der Waals surface area contributed by atoms with Gasteiger partial charge < -0.3 is 9.88 Å². The van der Waals surface area contributed by atoms with Crippen molar-refractivity contribution in [3.63, 3.8) is 0 Å². The Kier molecular flexibility index (Phi) is 7.57. The van der Waals surface area contributed by atoms with E-state index in [-0.39, 0.29) is 29.9 Å². The van der Waals surface area contributed by atoms with Crippen LogP contribution < -0.4 is 4.90 Å². The number of sulfonamides is 1. The van der Waals surface area contributed by atoms with Crippen LogP contribution in [0.15, 0.2) is 82.8 Å². The number of nitrogens with zero attached hydrogens (tertiary/aromatic N) is 4. The molecule has 5 rings (SSSR count). The lowest BCUT2D eigenvalue weighted by molar-refractivity contribution is 0.303. The second-order valence-electron chi connectivity index (χ2n) is 8.25. The molecule has 1 N–H and O–H groups in total. The molecule has 1 unspecified atom stereocenters. The standard InChI is InChI=1S/C25H23N5O2S2.ClH/c26-12-19-6-7-25-21(10-19)11-23(16-29(25)15-22-13-27-18-28-22)30(14-20-8-9-33-17-20)34(31,32)24-4-2-1-3-5-24;/h1-10,13,17-18,23H,11,14-16H2,(H,27,28);1H. The molecule has 4 aromatic rings. The first-order chi connectivity index (χ1) is 16.5. The molecule has 0 bridgehead atoms. The van der Waals surface area contributed by atoms with E-state index >= 15 is 0 Å². The highest BCUT2D eigenvalue weighted by molar-refractivity contribution is 7.89. The number of nitriles is 1. The Labute approximate surface area is 215 Å². The molecule has 2 aromatic heterocycles. The fourth-order valence-electron chi connectivity index (χ4n) is 4.41. The van der Waals surface area contributed by atoms with Crippen molar-refractivity contribution in [3.05, 3.63) is 100 Å². The molecule has 1 atom stereocenters. The normalized spacial score (nSPS) is 15.3. The zero-order valence-corrected chi connectivity index (χ0v) is 21.2. The Morgan fingerprint density at radius 3 is 2.71 bits per heavy atom. The Bertz CT molecular complexity index is 1400. The van der Waals surface area contributed by atoms with Gasteiger partial charge in [0, 0.05) is 31.0 Å². The first-order valence-electron chi connectivity index (χ1n) is 10.9. The van der Waals surface area contributed by atoms with Crippen molar-refractivity contribution >= 4 is 39.5 Å². The molecule has 3 heterocycles. The molecule has 1 aliphatic rings. The molecule has 0 saturated heterocycles. The predicted octanol–water partition coefficient (Wildman–Crippen LogP) is 4.59. The van der Waals surface area contributed by atoms with Crippen molar-refractivity contribution in [2.45, 2.75) is 30.4 Å². The summed E-state index contributed by atoms with van der Waals surface area (Å²) >= 11 is 1.55. The highest BCUT2D eigenvalue weighted by Crippen LogP contribution is 2.34. The van der Waals surface area contributed by atoms with Crippen LogP contribution >= 0.6 is 23.7 Å². The van der Waals surface area contributed by atoms with E-state index in [0.717, 1.165) is 22.5 Å². The first-order valence-corrected chi connectivity index (χ1v) is 13.3. The van der Waals surface area contributed by atoms with Crippen molar-refractivity contribution in [2.75, 3.05) is 11.4 Å². The van der Waals surface area contributed by atoms with Crippen molar-refractivity contribution in [1.29, 1.82) is 5.26 Å². The number of fused-ring (bicyclic) bond motifs is 1. The molecule has 0 amide bonds. The van der Waals surface area contributed by atoms with Gasteiger partial charge in [0.1, 0.15) is 0 Å². The Balaban J connectivity index is 0.00000289. The van der Waals surface area contributed by atoms with Gasteiger partial charge in [0.25, 0.3) is 0 Å². The van der Waals surface area contributed by atoms with Gasteiger partial charge in [-0.25, -0.2) is 13.4 Å². The van der Waals surface area contributed by atoms with Crippen LogP contribution in [0.3, 0.4) is 0 Å². The number of rotatable bonds is 7. The van der Waals surface area contributed by atoms with Crippen molar-refractivity contribution < 1.29 is 8.42 Å². The molecule has 10 heteroatoms. The maximum absolute atomic E-state index is 13.9. The van der Waals surface area contributed by atoms with Gasteiger partial charge in [-0.05, 0) is 64.7 Å². The monoisotopic (exact) mass is 525 g/mol. The third-order valence-electron chi connectivity index (χ3n) is 6.02. The lowest BCUT2D eigenvalue weighted by atomic mass is 9.95. The minimum Gasteiger partial charge on any atom is -0.364 e. The average molecular weight is 526 g/mol. The van der Waals surface area contributed by atoms with Gasteiger partial charge in [-0.3, -0.25) is 0 Å². The summed E-state index contributed by atoms with van der Waals surface area (Å²) in [5.74, 6) is 0. The second kappa shape index (κ2) is 10.6. The Morgan fingerprint density at radius 2 is 2.03 bits per heavy atom. The number of benzene rings is 2. The van der Waals surface area contributed by atoms with Crippen molar-refractivity contribution in [2.24, 2.45) is 0 Å². The van der Waals surface area contributed by atoms with Crippen LogP contribution in [-0.2, 0) is 29.5 Å². The number of imidazole rings is 1. The van der Waals surface area contributed by atoms with Gasteiger partial charge in [0.2, 0.25) is 10.0 Å². The number of aromatic amines is 1. The van der Waals surface area contributed by atoms with E-state index in [4.69, 9.17) is 0 Å². The van der Waals surface area contributed by atoms with Crippen LogP contribution in [0.25, 0.3) is 0 Å². The summed E-state index contributed by atoms with van der Waals surface area (Å²) in [6, 6.07) is 18.1. The number of thiophene rings is 1. The number of hydrogen-bond donors (Lipinski definition) is 1. The quantitative estimate of drug-likeness (QED) is 0.381. The van der Waals surface area contributed by atoms with Crippen LogP contribution in [0.2, 0.25) is 0 Å². The summed E-state index contributed by atoms with van der Waals surface area (Å²) in [5.41, 5.74) is 4.36. The summed E-state index contributed by atoms with van der Waals surface area (Å²) in [4.78, 5) is 9.78. The van der Waals surface area contributed by atoms with E-state index in [9.17, 15) is 13.7 Å². The maximum Gasteiger partial charge on any atom is 0.243 e. The zero-order chi connectivity index (χ0) is 23.5. The maximum atomic E-state index is 13.9. The number of halogens is 1. The predicted molar refractivity (Wildman–Crippen MR) is 139 cm³/mol. The SMILES string of the molecule is Cl.N#Cc1ccc2c(c1)CC(N(Cc1ccsc1)S(=O)(=O)c1ccccc1)CN2Cc1c[nH]cn1. The molecule has 180 valence electrons. The molecule has 0 saturated carbocycles. The molecule has 7 nitrogen and oxygen atoms in total. The molecule has 35 heavy (non-hydrogen) atoms. The fraction of sp³-hybridized carbons (Fsp3) is 0.200. The number of hydrogen-bond acceptors (Lipinski definition) is 6. The summed E-state index contributed by atoms with van der Waals surface area (Å²) in [6.45, 7) is 1.34. The lowest BCUT2D eigenvalue weighted by Gasteiger charge is -2.40. The minimum absolute atomic E-state index is 0. The summed E-state index contributed by atoms with van der Waals surface area (Å²) in [7, 11) is -3.76. The summed E-state index contributed by atoms with van der Waals surface area (Å²) in [5, 5.41) is 13.4. The van der Waals surface area contributed by atoms with E-state index in [1.807, 2.05) is 41.2 Å². The largest absolute Gasteiger partial charge is 0.364 e. The third-order valence-corrected chi connectivity index (χ3v) is 8.66. The molecular formula is C25H24ClN5O2S2. The second-order valence-corrected chi connectivity index (χ2v) is 10.9. The average Bonchev–Trinajstić information content (AvgIpc) is 3.57. The number of anilines is 1. The van der Waals surface area contributed by atoms with E-state index in [2.05, 4.69) is 20.9 Å². The molecule has 0 aliphatic carbocycles. The Hall–Kier alpha value is -3.16. The summed E-state index contributed by atoms with van der Waals surface area (Å²) < 4.78 is 29.3. The smallest absolute Gasteiger partial charge is 0.243 e. The lowest BCUT2D eigenvalue weighted by Crippen LogP contribution is -2.50. The number of H-pyrrole nitrogens is 1. The number of aromatic nitrogens is 2. The van der Waals surface area contributed by atoms with Gasteiger partial charge in [-0.2, -0.15) is 20.9 Å². The van der Waals surface area contributed by atoms with Crippen LogP contribution in [0.1, 0.15) is 22.4 Å². The molecule has 0 fully saturated rings. The van der Waals surface area contributed by atoms with Gasteiger partial charge in [0.05, 0.1) is 35.1 Å². The van der Waals surface area contributed by atoms with Crippen LogP contribution in [-0.4, -0.2) is 35.3 Å². The van der Waals surface area contributed by atoms with Crippen LogP contribution in [0.5, 0.6) is 0 Å². The molecule has 0 radical (unpaired) electrons. The molecule has 0 spiro atoms. The van der Waals surface area contributed by atoms with E-state index in [1.165, 1.54) is 0 Å². The third kappa shape index (κ3) is 5.26. The van der Waals surface area contributed by atoms with Gasteiger partial charge >= 0.3 is 0 Å². The van der Waals surface area contributed by atoms with Crippen molar-refractivity contribution in [1.82, 2.24) is 14.3 Å². The fourth-order valence-corrected chi connectivity index (χ4v) is 6.70. The number of nitrogens with one attached hydrogen (secondary N) is 1. The van der Waals surface area contributed by atoms with Gasteiger partial charge in [-0.1, -0.05) is 18.2 Å². The van der Waals surface area contributed by atoms with Crippen LogP contribution in [0, 0.1) is 11.3 Å². The first kappa shape index (κ1) is 24.9. The minimum atomic E-state index is -3.76. The highest BCUT2D eigenvalue weighted by atomic mass is 35.5. The van der Waals surface area contributed by atoms with E-state index < -0.39 is 10.0 Å². The molecule has 2 aromatic carbocycles. The van der Waals surface area contributed by atoms with Gasteiger partial charge in [0.15, 0.2) is 0 Å². The zero-order valence-electron chi connectivity index (χ0n) is 18.7. The van der Waals surface area contributed by atoms with Crippen LogP contribution in [0.4, 0.5) is 5.69 Å². The molecule has 1 aliphatic heterocycles. The summed E-state index contributed by atoms with van der Waals surface area (Å²) in [6.07, 6.45) is 4.01. The molecular weight excluding hydrogens is 502 g/mol. The topological polar surface area (TPSA) is 93.1 Å². The van der Waals surface area contributed by atoms with Gasteiger partial charge in [-0.15, -0.1) is 12.4 Å². The highest BCUT2D eigenvalue weighted by Gasteiger charge is 2.36. The van der Waals surface area contributed by atoms with E-state index in [0.29, 0.717) is 25.1 Å². The van der Waals surface area contributed by atoms with Crippen molar-refractivity contribution in [3.8, 4) is 6.07 Å². The van der Waals surface area contributed by atoms with E-state index in [1.54, 1.807) is 52.3 Å².